The topological polar surface area (TPSA) is 26.0 Å². The molecule has 2 N–H and O–H groups in total. The van der Waals surface area contributed by atoms with Gasteiger partial charge in [0.05, 0.1) is 0 Å². The lowest BCUT2D eigenvalue weighted by Gasteiger charge is -2.21. The number of hydrogen-bond donors (Lipinski definition) is 1. The Balaban J connectivity index is 1.94. The Morgan fingerprint density at radius 3 is 2.64 bits per heavy atom. The zero-order valence-corrected chi connectivity index (χ0v) is 9.17. The first-order valence-corrected chi connectivity index (χ1v) is 6.32. The Bertz CT molecular complexity index is 201. The van der Waals surface area contributed by atoms with Gasteiger partial charge in [-0.25, -0.2) is 0 Å². The molecule has 1 atom stereocenters. The van der Waals surface area contributed by atoms with Gasteiger partial charge in [0.25, 0.3) is 0 Å². The lowest BCUT2D eigenvalue weighted by Crippen LogP contribution is -2.30. The van der Waals surface area contributed by atoms with Crippen molar-refractivity contribution in [3.63, 3.8) is 0 Å². The van der Waals surface area contributed by atoms with E-state index in [0.29, 0.717) is 6.04 Å². The second-order valence-corrected chi connectivity index (χ2v) is 4.95. The van der Waals surface area contributed by atoms with Crippen molar-refractivity contribution in [1.29, 1.82) is 0 Å². The first-order chi connectivity index (χ1) is 6.88. The smallest absolute Gasteiger partial charge is 0.0282 e. The summed E-state index contributed by atoms with van der Waals surface area (Å²) in [5.74, 6) is 0.805. The molecule has 1 nitrogen and oxygen atoms in total. The van der Waals surface area contributed by atoms with Crippen LogP contribution in [0, 0.1) is 5.92 Å². The molecule has 0 saturated heterocycles. The van der Waals surface area contributed by atoms with Crippen LogP contribution in [0.2, 0.25) is 0 Å². The summed E-state index contributed by atoms with van der Waals surface area (Å²) in [6, 6.07) is 0.399. The molecular formula is C13H23N. The highest BCUT2D eigenvalue weighted by molar-refractivity contribution is 5.13. The third-order valence-electron chi connectivity index (χ3n) is 3.91. The summed E-state index contributed by atoms with van der Waals surface area (Å²) in [6.07, 6.45) is 14.7. The quantitative estimate of drug-likeness (QED) is 0.668. The molecule has 0 spiro atoms. The van der Waals surface area contributed by atoms with Crippen LogP contribution in [-0.2, 0) is 0 Å². The van der Waals surface area contributed by atoms with Crippen LogP contribution in [0.3, 0.4) is 0 Å². The maximum Gasteiger partial charge on any atom is 0.0282 e. The molecule has 2 rings (SSSR count). The van der Waals surface area contributed by atoms with Gasteiger partial charge in [-0.3, -0.25) is 0 Å². The van der Waals surface area contributed by atoms with E-state index in [1.54, 1.807) is 5.57 Å². The van der Waals surface area contributed by atoms with E-state index in [1.807, 2.05) is 0 Å². The molecule has 0 bridgehead atoms. The molecule has 1 heteroatoms. The largest absolute Gasteiger partial charge is 0.324 e. The summed E-state index contributed by atoms with van der Waals surface area (Å²) in [5.41, 5.74) is 7.93. The molecule has 1 unspecified atom stereocenters. The highest BCUT2D eigenvalue weighted by Gasteiger charge is 2.24. The zero-order chi connectivity index (χ0) is 9.80. The van der Waals surface area contributed by atoms with E-state index in [2.05, 4.69) is 6.08 Å². The van der Waals surface area contributed by atoms with E-state index in [1.165, 1.54) is 57.8 Å². The first kappa shape index (κ1) is 10.2. The average Bonchev–Trinajstić information content (AvgIpc) is 2.59. The molecule has 80 valence electrons. The lowest BCUT2D eigenvalue weighted by atomic mass is 9.90. The van der Waals surface area contributed by atoms with E-state index in [4.69, 9.17) is 5.73 Å². The van der Waals surface area contributed by atoms with Crippen molar-refractivity contribution in [3.05, 3.63) is 11.6 Å². The van der Waals surface area contributed by atoms with Crippen molar-refractivity contribution in [1.82, 2.24) is 0 Å². The van der Waals surface area contributed by atoms with E-state index < -0.39 is 0 Å². The highest BCUT2D eigenvalue weighted by Crippen LogP contribution is 2.32. The number of hydrogen-bond acceptors (Lipinski definition) is 1. The summed E-state index contributed by atoms with van der Waals surface area (Å²) < 4.78 is 0. The standard InChI is InChI=1S/C13H23N/c14-13(12-9-5-6-10-12)11-7-3-1-2-4-8-11/h7,12-13H,1-6,8-10,14H2. The minimum absolute atomic E-state index is 0.399. The van der Waals surface area contributed by atoms with Gasteiger partial charge in [0.15, 0.2) is 0 Å². The molecule has 0 amide bonds. The van der Waals surface area contributed by atoms with Crippen molar-refractivity contribution in [2.75, 3.05) is 0 Å². The molecule has 0 aromatic heterocycles. The van der Waals surface area contributed by atoms with Crippen LogP contribution in [0.25, 0.3) is 0 Å². The molecule has 2 aliphatic rings. The van der Waals surface area contributed by atoms with Crippen LogP contribution < -0.4 is 5.73 Å². The molecule has 1 fully saturated rings. The Labute approximate surface area is 87.8 Å². The van der Waals surface area contributed by atoms with Crippen LogP contribution in [0.1, 0.15) is 57.8 Å². The minimum Gasteiger partial charge on any atom is -0.324 e. The Kier molecular flexibility index (Phi) is 3.63. The Morgan fingerprint density at radius 2 is 1.86 bits per heavy atom. The number of rotatable bonds is 2. The third kappa shape index (κ3) is 2.38. The Morgan fingerprint density at radius 1 is 1.07 bits per heavy atom. The molecule has 1 saturated carbocycles. The van der Waals surface area contributed by atoms with E-state index >= 15 is 0 Å². The van der Waals surface area contributed by atoms with Crippen molar-refractivity contribution < 1.29 is 0 Å². The van der Waals surface area contributed by atoms with Crippen LogP contribution in [0.15, 0.2) is 11.6 Å². The van der Waals surface area contributed by atoms with E-state index in [0.717, 1.165) is 5.92 Å². The first-order valence-electron chi connectivity index (χ1n) is 6.32. The molecule has 0 aliphatic heterocycles. The molecule has 0 heterocycles. The van der Waals surface area contributed by atoms with E-state index in [9.17, 15) is 0 Å². The van der Waals surface area contributed by atoms with Crippen molar-refractivity contribution >= 4 is 0 Å². The maximum atomic E-state index is 6.35. The zero-order valence-electron chi connectivity index (χ0n) is 9.17. The van der Waals surface area contributed by atoms with Crippen molar-refractivity contribution in [3.8, 4) is 0 Å². The molecule has 14 heavy (non-hydrogen) atoms. The molecule has 2 aliphatic carbocycles. The maximum absolute atomic E-state index is 6.35. The van der Waals surface area contributed by atoms with Crippen LogP contribution in [-0.4, -0.2) is 6.04 Å². The van der Waals surface area contributed by atoms with Gasteiger partial charge in [-0.1, -0.05) is 30.9 Å². The number of nitrogens with two attached hydrogens (primary N) is 1. The predicted octanol–water partition coefficient (Wildman–Crippen LogP) is 3.39. The van der Waals surface area contributed by atoms with Gasteiger partial charge in [0.2, 0.25) is 0 Å². The lowest BCUT2D eigenvalue weighted by molar-refractivity contribution is 0.463. The fraction of sp³-hybridized carbons (Fsp3) is 0.846. The van der Waals surface area contributed by atoms with Gasteiger partial charge < -0.3 is 5.73 Å². The van der Waals surface area contributed by atoms with Crippen molar-refractivity contribution in [2.24, 2.45) is 11.7 Å². The average molecular weight is 193 g/mol. The fourth-order valence-electron chi connectivity index (χ4n) is 2.96. The molecule has 0 radical (unpaired) electrons. The third-order valence-corrected chi connectivity index (χ3v) is 3.91. The van der Waals surface area contributed by atoms with Gasteiger partial charge in [0, 0.05) is 6.04 Å². The van der Waals surface area contributed by atoms with Gasteiger partial charge >= 0.3 is 0 Å². The summed E-state index contributed by atoms with van der Waals surface area (Å²) >= 11 is 0. The fourth-order valence-corrected chi connectivity index (χ4v) is 2.96. The minimum atomic E-state index is 0.399. The van der Waals surface area contributed by atoms with Crippen LogP contribution >= 0.6 is 0 Å². The van der Waals surface area contributed by atoms with Gasteiger partial charge in [0.1, 0.15) is 0 Å². The monoisotopic (exact) mass is 193 g/mol. The second kappa shape index (κ2) is 4.97. The van der Waals surface area contributed by atoms with Crippen LogP contribution in [0.4, 0.5) is 0 Å². The van der Waals surface area contributed by atoms with E-state index in [-0.39, 0.29) is 0 Å². The molecular weight excluding hydrogens is 170 g/mol. The summed E-state index contributed by atoms with van der Waals surface area (Å²) in [5, 5.41) is 0. The van der Waals surface area contributed by atoms with Gasteiger partial charge in [-0.05, 0) is 44.4 Å². The van der Waals surface area contributed by atoms with Gasteiger partial charge in [-0.2, -0.15) is 0 Å². The predicted molar refractivity (Wildman–Crippen MR) is 61.1 cm³/mol. The van der Waals surface area contributed by atoms with Gasteiger partial charge in [-0.15, -0.1) is 0 Å². The summed E-state index contributed by atoms with van der Waals surface area (Å²) in [4.78, 5) is 0. The van der Waals surface area contributed by atoms with Crippen LogP contribution in [0.5, 0.6) is 0 Å². The van der Waals surface area contributed by atoms with Crippen molar-refractivity contribution in [2.45, 2.75) is 63.8 Å². The SMILES string of the molecule is NC(C1=CCCCCC1)C1CCCC1. The Hall–Kier alpha value is -0.300. The summed E-state index contributed by atoms with van der Waals surface area (Å²) in [7, 11) is 0. The molecule has 0 aromatic carbocycles. The number of allylic oxidation sites excluding steroid dienone is 1. The summed E-state index contributed by atoms with van der Waals surface area (Å²) in [6.45, 7) is 0. The second-order valence-electron chi connectivity index (χ2n) is 4.95. The normalized spacial score (nSPS) is 27.1. The highest BCUT2D eigenvalue weighted by atomic mass is 14.7. The molecule has 0 aromatic rings.